The predicted octanol–water partition coefficient (Wildman–Crippen LogP) is 0.497. The van der Waals surface area contributed by atoms with E-state index >= 15 is 0 Å². The zero-order chi connectivity index (χ0) is 13.1. The number of piperidine rings is 1. The van der Waals surface area contributed by atoms with Crippen molar-refractivity contribution in [2.75, 3.05) is 11.9 Å². The Hall–Kier alpha value is -1.89. The van der Waals surface area contributed by atoms with Crippen molar-refractivity contribution in [2.45, 2.75) is 32.2 Å². The van der Waals surface area contributed by atoms with Crippen LogP contribution in [0.3, 0.4) is 0 Å². The van der Waals surface area contributed by atoms with E-state index in [1.54, 1.807) is 6.92 Å². The molecule has 1 fully saturated rings. The van der Waals surface area contributed by atoms with Crippen LogP contribution in [0, 0.1) is 6.92 Å². The molecule has 1 aliphatic rings. The van der Waals surface area contributed by atoms with Crippen molar-refractivity contribution in [2.24, 2.45) is 0 Å². The highest BCUT2D eigenvalue weighted by molar-refractivity contribution is 6.01. The molecule has 0 aliphatic carbocycles. The molecule has 0 aromatic carbocycles. The van der Waals surface area contributed by atoms with Crippen molar-refractivity contribution in [1.82, 2.24) is 15.5 Å². The highest BCUT2D eigenvalue weighted by Gasteiger charge is 2.24. The molecule has 0 saturated carbocycles. The second-order valence-electron chi connectivity index (χ2n) is 4.37. The standard InChI is InChI=1S/C11H16N4O3/c1-6-8(11(17)18)9(15-14-6)13-10(16)7-4-2-3-5-12-7/h7,12H,2-5H2,1H3,(H,17,18)(H2,13,14,15,16). The molecule has 1 amide bonds. The van der Waals surface area contributed by atoms with Crippen molar-refractivity contribution in [1.29, 1.82) is 0 Å². The maximum atomic E-state index is 11.9. The Labute approximate surface area is 104 Å². The fourth-order valence-corrected chi connectivity index (χ4v) is 2.06. The summed E-state index contributed by atoms with van der Waals surface area (Å²) in [6.45, 7) is 2.41. The first-order valence-electron chi connectivity index (χ1n) is 5.92. The maximum Gasteiger partial charge on any atom is 0.341 e. The van der Waals surface area contributed by atoms with Crippen LogP contribution in [0.2, 0.25) is 0 Å². The number of amides is 1. The van der Waals surface area contributed by atoms with Gasteiger partial charge in [0, 0.05) is 5.69 Å². The number of aromatic nitrogens is 2. The third-order valence-corrected chi connectivity index (χ3v) is 3.03. The molecule has 7 nitrogen and oxygen atoms in total. The normalized spacial score (nSPS) is 19.5. The van der Waals surface area contributed by atoms with Crippen molar-refractivity contribution < 1.29 is 14.7 Å². The van der Waals surface area contributed by atoms with Crippen LogP contribution in [0.15, 0.2) is 0 Å². The lowest BCUT2D eigenvalue weighted by Gasteiger charge is -2.22. The topological polar surface area (TPSA) is 107 Å². The van der Waals surface area contributed by atoms with Gasteiger partial charge in [0.15, 0.2) is 5.82 Å². The number of anilines is 1. The average Bonchev–Trinajstić information content (AvgIpc) is 2.71. The third-order valence-electron chi connectivity index (χ3n) is 3.03. The monoisotopic (exact) mass is 252 g/mol. The van der Waals surface area contributed by atoms with E-state index in [2.05, 4.69) is 20.8 Å². The van der Waals surface area contributed by atoms with E-state index in [1.807, 2.05) is 0 Å². The molecule has 0 bridgehead atoms. The van der Waals surface area contributed by atoms with Crippen LogP contribution in [-0.2, 0) is 4.79 Å². The SMILES string of the molecule is Cc1[nH]nc(NC(=O)C2CCCCN2)c1C(=O)O. The molecule has 1 saturated heterocycles. The summed E-state index contributed by atoms with van der Waals surface area (Å²) in [6.07, 6.45) is 2.82. The van der Waals surface area contributed by atoms with Gasteiger partial charge in [-0.25, -0.2) is 4.79 Å². The van der Waals surface area contributed by atoms with E-state index in [1.165, 1.54) is 0 Å². The maximum absolute atomic E-state index is 11.9. The van der Waals surface area contributed by atoms with Gasteiger partial charge < -0.3 is 15.7 Å². The van der Waals surface area contributed by atoms with Gasteiger partial charge in [-0.05, 0) is 26.3 Å². The molecular formula is C11H16N4O3. The molecular weight excluding hydrogens is 236 g/mol. The second-order valence-corrected chi connectivity index (χ2v) is 4.37. The van der Waals surface area contributed by atoms with Gasteiger partial charge >= 0.3 is 5.97 Å². The molecule has 18 heavy (non-hydrogen) atoms. The van der Waals surface area contributed by atoms with Gasteiger partial charge in [-0.1, -0.05) is 6.42 Å². The number of carbonyl (C=O) groups excluding carboxylic acids is 1. The molecule has 0 radical (unpaired) electrons. The van der Waals surface area contributed by atoms with Crippen LogP contribution >= 0.6 is 0 Å². The summed E-state index contributed by atoms with van der Waals surface area (Å²) in [7, 11) is 0. The summed E-state index contributed by atoms with van der Waals surface area (Å²) < 4.78 is 0. The largest absolute Gasteiger partial charge is 0.477 e. The fraction of sp³-hybridized carbons (Fsp3) is 0.545. The number of hydrogen-bond acceptors (Lipinski definition) is 4. The number of aromatic amines is 1. The number of nitrogens with zero attached hydrogens (tertiary/aromatic N) is 1. The van der Waals surface area contributed by atoms with Gasteiger partial charge in [0.2, 0.25) is 5.91 Å². The zero-order valence-electron chi connectivity index (χ0n) is 10.1. The van der Waals surface area contributed by atoms with Gasteiger partial charge in [-0.2, -0.15) is 5.10 Å². The molecule has 1 aliphatic heterocycles. The lowest BCUT2D eigenvalue weighted by atomic mass is 10.0. The molecule has 4 N–H and O–H groups in total. The Morgan fingerprint density at radius 3 is 2.83 bits per heavy atom. The number of rotatable bonds is 3. The van der Waals surface area contributed by atoms with Crippen molar-refractivity contribution in [3.63, 3.8) is 0 Å². The van der Waals surface area contributed by atoms with Crippen molar-refractivity contribution >= 4 is 17.7 Å². The van der Waals surface area contributed by atoms with Crippen molar-refractivity contribution in [3.8, 4) is 0 Å². The van der Waals surface area contributed by atoms with Gasteiger partial charge in [-0.15, -0.1) is 0 Å². The Balaban J connectivity index is 2.09. The number of carboxylic acids is 1. The number of carbonyl (C=O) groups is 2. The molecule has 1 atom stereocenters. The number of carboxylic acid groups (broad SMARTS) is 1. The van der Waals surface area contributed by atoms with E-state index in [-0.39, 0.29) is 23.3 Å². The smallest absolute Gasteiger partial charge is 0.341 e. The minimum Gasteiger partial charge on any atom is -0.477 e. The number of hydrogen-bond donors (Lipinski definition) is 4. The van der Waals surface area contributed by atoms with E-state index in [0.717, 1.165) is 25.8 Å². The average molecular weight is 252 g/mol. The van der Waals surface area contributed by atoms with Gasteiger partial charge in [0.25, 0.3) is 0 Å². The first kappa shape index (κ1) is 12.6. The first-order valence-corrected chi connectivity index (χ1v) is 5.92. The molecule has 1 aromatic heterocycles. The molecule has 98 valence electrons. The number of H-pyrrole nitrogens is 1. The Kier molecular flexibility index (Phi) is 3.61. The van der Waals surface area contributed by atoms with Crippen LogP contribution in [0.25, 0.3) is 0 Å². The van der Waals surface area contributed by atoms with E-state index in [9.17, 15) is 9.59 Å². The quantitative estimate of drug-likeness (QED) is 0.626. The fourth-order valence-electron chi connectivity index (χ4n) is 2.06. The summed E-state index contributed by atoms with van der Waals surface area (Å²) in [4.78, 5) is 23.0. The van der Waals surface area contributed by atoms with E-state index in [4.69, 9.17) is 5.11 Å². The van der Waals surface area contributed by atoms with Gasteiger partial charge in [0.1, 0.15) is 5.56 Å². The minimum absolute atomic E-state index is 0.0131. The highest BCUT2D eigenvalue weighted by atomic mass is 16.4. The summed E-state index contributed by atoms with van der Waals surface area (Å²) in [5.74, 6) is -1.26. The minimum atomic E-state index is -1.10. The third kappa shape index (κ3) is 2.51. The van der Waals surface area contributed by atoms with Gasteiger partial charge in [0.05, 0.1) is 6.04 Å². The Bertz CT molecular complexity index is 463. The summed E-state index contributed by atoms with van der Waals surface area (Å²) in [5, 5.41) is 21.1. The lowest BCUT2D eigenvalue weighted by molar-refractivity contribution is -0.118. The first-order chi connectivity index (χ1) is 8.59. The van der Waals surface area contributed by atoms with E-state index < -0.39 is 5.97 Å². The number of aryl methyl sites for hydroxylation is 1. The number of aromatic carboxylic acids is 1. The molecule has 2 heterocycles. The van der Waals surface area contributed by atoms with Crippen LogP contribution < -0.4 is 10.6 Å². The molecule has 2 rings (SSSR count). The predicted molar refractivity (Wildman–Crippen MR) is 64.6 cm³/mol. The summed E-state index contributed by atoms with van der Waals surface area (Å²) >= 11 is 0. The van der Waals surface area contributed by atoms with Crippen LogP contribution in [0.5, 0.6) is 0 Å². The van der Waals surface area contributed by atoms with Crippen LogP contribution in [0.4, 0.5) is 5.82 Å². The Morgan fingerprint density at radius 2 is 2.22 bits per heavy atom. The molecule has 7 heteroatoms. The number of nitrogens with one attached hydrogen (secondary N) is 3. The lowest BCUT2D eigenvalue weighted by Crippen LogP contribution is -2.43. The van der Waals surface area contributed by atoms with Crippen molar-refractivity contribution in [3.05, 3.63) is 11.3 Å². The van der Waals surface area contributed by atoms with Crippen LogP contribution in [-0.4, -0.2) is 39.8 Å². The van der Waals surface area contributed by atoms with E-state index in [0.29, 0.717) is 5.69 Å². The second kappa shape index (κ2) is 5.18. The summed E-state index contributed by atoms with van der Waals surface area (Å²) in [6, 6.07) is -0.266. The highest BCUT2D eigenvalue weighted by Crippen LogP contribution is 2.17. The van der Waals surface area contributed by atoms with Gasteiger partial charge in [-0.3, -0.25) is 9.89 Å². The zero-order valence-corrected chi connectivity index (χ0v) is 10.1. The Morgan fingerprint density at radius 1 is 1.44 bits per heavy atom. The molecule has 0 spiro atoms. The van der Waals surface area contributed by atoms with Crippen LogP contribution in [0.1, 0.15) is 35.3 Å². The molecule has 1 unspecified atom stereocenters. The molecule has 1 aromatic rings. The summed E-state index contributed by atoms with van der Waals surface area (Å²) in [5.41, 5.74) is 0.438.